The third kappa shape index (κ3) is 6.84. The number of benzene rings is 1. The number of nitrogens with zero attached hydrogens (tertiary/aromatic N) is 5. The van der Waals surface area contributed by atoms with Gasteiger partial charge in [-0.25, -0.2) is 14.7 Å². The Morgan fingerprint density at radius 2 is 1.87 bits per heavy atom. The van der Waals surface area contributed by atoms with Crippen LogP contribution in [0.3, 0.4) is 0 Å². The lowest BCUT2D eigenvalue weighted by atomic mass is 10.1. The molecule has 39 heavy (non-hydrogen) atoms. The summed E-state index contributed by atoms with van der Waals surface area (Å²) in [5.41, 5.74) is 0.197. The zero-order valence-electron chi connectivity index (χ0n) is 21.5. The van der Waals surface area contributed by atoms with Gasteiger partial charge < -0.3 is 14.6 Å². The number of oxazole rings is 1. The van der Waals surface area contributed by atoms with Gasteiger partial charge in [0.25, 0.3) is 11.9 Å². The number of halogens is 3. The van der Waals surface area contributed by atoms with Crippen LogP contribution in [0, 0.1) is 6.92 Å². The van der Waals surface area contributed by atoms with Crippen LogP contribution in [0.15, 0.2) is 41.1 Å². The van der Waals surface area contributed by atoms with E-state index in [2.05, 4.69) is 20.3 Å². The normalized spacial score (nSPS) is 15.3. The van der Waals surface area contributed by atoms with E-state index in [1.165, 1.54) is 6.07 Å². The van der Waals surface area contributed by atoms with Gasteiger partial charge in [0.05, 0.1) is 5.56 Å². The molecule has 0 aliphatic carbocycles. The molecule has 15 heteroatoms. The molecule has 1 saturated heterocycles. The molecule has 3 aromatic rings. The lowest BCUT2D eigenvalue weighted by Gasteiger charge is -2.22. The Kier molecular flexibility index (Phi) is 8.11. The van der Waals surface area contributed by atoms with Gasteiger partial charge in [0.2, 0.25) is 5.95 Å². The molecule has 1 aliphatic rings. The molecule has 4 rings (SSSR count). The molecule has 1 amide bonds. The van der Waals surface area contributed by atoms with Crippen molar-refractivity contribution in [1.82, 2.24) is 24.0 Å². The minimum absolute atomic E-state index is 0.0725. The van der Waals surface area contributed by atoms with Crippen LogP contribution in [-0.2, 0) is 16.4 Å². The number of hydrogen-bond donors (Lipinski definition) is 2. The highest BCUT2D eigenvalue weighted by Gasteiger charge is 2.31. The minimum Gasteiger partial charge on any atom is -0.431 e. The van der Waals surface area contributed by atoms with Crippen LogP contribution in [0.5, 0.6) is 0 Å². The molecule has 3 heterocycles. The molecule has 11 nitrogen and oxygen atoms in total. The highest BCUT2D eigenvalue weighted by molar-refractivity contribution is 7.87. The second kappa shape index (κ2) is 11.2. The number of carbonyl (C=O) groups is 1. The number of nitrogens with one attached hydrogen (secondary N) is 2. The number of carbonyl (C=O) groups excluding carboxylic acids is 1. The van der Waals surface area contributed by atoms with E-state index in [0.29, 0.717) is 31.0 Å². The van der Waals surface area contributed by atoms with E-state index in [4.69, 9.17) is 4.42 Å². The number of anilines is 3. The van der Waals surface area contributed by atoms with Crippen LogP contribution in [0.2, 0.25) is 0 Å². The topological polar surface area (TPSA) is 134 Å². The quantitative estimate of drug-likeness (QED) is 0.437. The van der Waals surface area contributed by atoms with Gasteiger partial charge in [-0.3, -0.25) is 4.79 Å². The SMILES string of the molecule is Cc1ccc(C(F)(F)F)cc1Nc1nc(C(=O)NS(=O)(=O)N2CCCN(c3nccc(C(C)C)n3)CC2)co1. The molecule has 0 unspecified atom stereocenters. The summed E-state index contributed by atoms with van der Waals surface area (Å²) >= 11 is 0. The molecule has 1 aromatic carbocycles. The summed E-state index contributed by atoms with van der Waals surface area (Å²) in [6.45, 7) is 6.75. The molecular weight excluding hydrogens is 539 g/mol. The number of hydrogen-bond acceptors (Lipinski definition) is 9. The third-order valence-electron chi connectivity index (χ3n) is 6.10. The maximum atomic E-state index is 13.0. The molecule has 0 spiro atoms. The Labute approximate surface area is 223 Å². The van der Waals surface area contributed by atoms with Crippen LogP contribution >= 0.6 is 0 Å². The van der Waals surface area contributed by atoms with Crippen molar-refractivity contribution >= 4 is 33.8 Å². The van der Waals surface area contributed by atoms with Crippen molar-refractivity contribution in [3.05, 3.63) is 59.2 Å². The van der Waals surface area contributed by atoms with Gasteiger partial charge in [-0.1, -0.05) is 19.9 Å². The van der Waals surface area contributed by atoms with Gasteiger partial charge in [0.1, 0.15) is 6.26 Å². The van der Waals surface area contributed by atoms with Crippen molar-refractivity contribution in [3.63, 3.8) is 0 Å². The molecule has 2 N–H and O–H groups in total. The Morgan fingerprint density at radius 1 is 1.10 bits per heavy atom. The van der Waals surface area contributed by atoms with Crippen molar-refractivity contribution in [2.24, 2.45) is 0 Å². The monoisotopic (exact) mass is 567 g/mol. The third-order valence-corrected chi connectivity index (χ3v) is 7.59. The number of aryl methyl sites for hydroxylation is 1. The summed E-state index contributed by atoms with van der Waals surface area (Å²) in [7, 11) is -4.22. The summed E-state index contributed by atoms with van der Waals surface area (Å²) < 4.78 is 73.3. The summed E-state index contributed by atoms with van der Waals surface area (Å²) in [6, 6.07) is 4.68. The molecular formula is C24H28F3N7O4S. The zero-order chi connectivity index (χ0) is 28.4. The molecule has 1 aliphatic heterocycles. The summed E-state index contributed by atoms with van der Waals surface area (Å²) in [5.74, 6) is -0.308. The fraction of sp³-hybridized carbons (Fsp3) is 0.417. The Morgan fingerprint density at radius 3 is 2.59 bits per heavy atom. The molecule has 210 valence electrons. The first-order chi connectivity index (χ1) is 18.3. The Balaban J connectivity index is 1.40. The smallest absolute Gasteiger partial charge is 0.416 e. The first kappa shape index (κ1) is 28.3. The van der Waals surface area contributed by atoms with Crippen LogP contribution in [0.1, 0.15) is 53.5 Å². The van der Waals surface area contributed by atoms with Crippen molar-refractivity contribution in [2.45, 2.75) is 39.3 Å². The van der Waals surface area contributed by atoms with Crippen LogP contribution < -0.4 is 14.9 Å². The van der Waals surface area contributed by atoms with Gasteiger partial charge in [-0.2, -0.15) is 30.9 Å². The lowest BCUT2D eigenvalue weighted by Crippen LogP contribution is -2.45. The molecule has 0 saturated carbocycles. The predicted octanol–water partition coefficient (Wildman–Crippen LogP) is 3.85. The van der Waals surface area contributed by atoms with Crippen LogP contribution in [0.25, 0.3) is 0 Å². The highest BCUT2D eigenvalue weighted by Crippen LogP contribution is 2.33. The van der Waals surface area contributed by atoms with Crippen LogP contribution in [-0.4, -0.2) is 59.8 Å². The number of rotatable bonds is 7. The zero-order valence-corrected chi connectivity index (χ0v) is 22.3. The van der Waals surface area contributed by atoms with Crippen molar-refractivity contribution in [1.29, 1.82) is 0 Å². The van der Waals surface area contributed by atoms with E-state index in [0.717, 1.165) is 28.4 Å². The van der Waals surface area contributed by atoms with Crippen molar-refractivity contribution in [2.75, 3.05) is 36.4 Å². The average Bonchev–Trinajstić information content (AvgIpc) is 3.18. The second-order valence-electron chi connectivity index (χ2n) is 9.30. The van der Waals surface area contributed by atoms with E-state index in [1.54, 1.807) is 13.1 Å². The number of amides is 1. The standard InChI is InChI=1S/C24H28F3N7O4S/c1-15(2)18-7-8-28-22(29-18)33-9-4-10-34(12-11-33)39(36,37)32-21(35)20-14-38-23(31-20)30-19-13-17(24(25,26)27)6-5-16(19)3/h5-8,13-15H,4,9-12H2,1-3H3,(H,30,31)(H,32,35). The van der Waals surface area contributed by atoms with E-state index in [9.17, 15) is 26.4 Å². The first-order valence-electron chi connectivity index (χ1n) is 12.1. The van der Waals surface area contributed by atoms with E-state index < -0.39 is 27.9 Å². The number of alkyl halides is 3. The fourth-order valence-electron chi connectivity index (χ4n) is 3.89. The fourth-order valence-corrected chi connectivity index (χ4v) is 5.05. The summed E-state index contributed by atoms with van der Waals surface area (Å²) in [6.07, 6.45) is -1.47. The molecule has 1 fully saturated rings. The van der Waals surface area contributed by atoms with Gasteiger partial charge in [0, 0.05) is 43.8 Å². The average molecular weight is 568 g/mol. The van der Waals surface area contributed by atoms with E-state index >= 15 is 0 Å². The molecule has 0 bridgehead atoms. The minimum atomic E-state index is -4.55. The highest BCUT2D eigenvalue weighted by atomic mass is 32.2. The lowest BCUT2D eigenvalue weighted by molar-refractivity contribution is -0.137. The molecule has 0 radical (unpaired) electrons. The summed E-state index contributed by atoms with van der Waals surface area (Å²) in [5, 5.41) is 2.59. The maximum Gasteiger partial charge on any atom is 0.416 e. The molecule has 0 atom stereocenters. The van der Waals surface area contributed by atoms with E-state index in [1.807, 2.05) is 29.5 Å². The molecule has 2 aromatic heterocycles. The van der Waals surface area contributed by atoms with Crippen LogP contribution in [0.4, 0.5) is 30.8 Å². The number of aromatic nitrogens is 3. The summed E-state index contributed by atoms with van der Waals surface area (Å²) in [4.78, 5) is 27.3. The van der Waals surface area contributed by atoms with Gasteiger partial charge >= 0.3 is 16.4 Å². The predicted molar refractivity (Wildman–Crippen MR) is 137 cm³/mol. The van der Waals surface area contributed by atoms with Gasteiger partial charge in [0.15, 0.2) is 5.69 Å². The van der Waals surface area contributed by atoms with Crippen molar-refractivity contribution < 1.29 is 30.8 Å². The van der Waals surface area contributed by atoms with Gasteiger partial charge in [-0.15, -0.1) is 0 Å². The first-order valence-corrected chi connectivity index (χ1v) is 13.6. The Bertz CT molecular complexity index is 1440. The Hall–Kier alpha value is -3.72. The largest absolute Gasteiger partial charge is 0.431 e. The van der Waals surface area contributed by atoms with E-state index in [-0.39, 0.29) is 36.4 Å². The maximum absolute atomic E-state index is 13.0. The second-order valence-corrected chi connectivity index (χ2v) is 11.0. The van der Waals surface area contributed by atoms with Gasteiger partial charge in [-0.05, 0) is 43.0 Å². The van der Waals surface area contributed by atoms with Crippen molar-refractivity contribution in [3.8, 4) is 0 Å².